The fourth-order valence-electron chi connectivity index (χ4n) is 1.65. The zero-order valence-corrected chi connectivity index (χ0v) is 8.04. The van der Waals surface area contributed by atoms with Crippen LogP contribution >= 0.6 is 11.6 Å². The third-order valence-electron chi connectivity index (χ3n) is 2.34. The van der Waals surface area contributed by atoms with E-state index in [2.05, 4.69) is 4.90 Å². The Labute approximate surface area is 82.7 Å². The summed E-state index contributed by atoms with van der Waals surface area (Å²) in [5, 5.41) is 10.1. The second kappa shape index (κ2) is 3.56. The van der Waals surface area contributed by atoms with Gasteiger partial charge in [0.1, 0.15) is 0 Å². The van der Waals surface area contributed by atoms with Crippen LogP contribution in [0, 0.1) is 0 Å². The molecule has 0 aliphatic carbocycles. The first-order valence-electron chi connectivity index (χ1n) is 4.44. The van der Waals surface area contributed by atoms with Gasteiger partial charge in [0.15, 0.2) is 0 Å². The third kappa shape index (κ3) is 1.95. The van der Waals surface area contributed by atoms with Gasteiger partial charge in [-0.15, -0.1) is 0 Å². The van der Waals surface area contributed by atoms with Gasteiger partial charge in [-0.2, -0.15) is 0 Å². The number of nitrogens with zero attached hydrogens (tertiary/aromatic N) is 1. The molecule has 0 aromatic heterocycles. The maximum atomic E-state index is 9.36. The van der Waals surface area contributed by atoms with Crippen molar-refractivity contribution in [3.63, 3.8) is 0 Å². The van der Waals surface area contributed by atoms with Crippen LogP contribution in [0.3, 0.4) is 0 Å². The van der Waals surface area contributed by atoms with Gasteiger partial charge in [-0.05, 0) is 24.6 Å². The lowest BCUT2D eigenvalue weighted by Crippen LogP contribution is -2.20. The van der Waals surface area contributed by atoms with Crippen molar-refractivity contribution >= 4 is 17.3 Å². The maximum absolute atomic E-state index is 9.36. The highest BCUT2D eigenvalue weighted by Crippen LogP contribution is 2.23. The molecule has 70 valence electrons. The van der Waals surface area contributed by atoms with Gasteiger partial charge in [-0.1, -0.05) is 17.7 Å². The zero-order valence-electron chi connectivity index (χ0n) is 7.28. The molecule has 1 atom stereocenters. The van der Waals surface area contributed by atoms with Crippen LogP contribution in [0.5, 0.6) is 0 Å². The molecule has 2 nitrogen and oxygen atoms in total. The van der Waals surface area contributed by atoms with Gasteiger partial charge in [-0.25, -0.2) is 0 Å². The summed E-state index contributed by atoms with van der Waals surface area (Å²) in [6.07, 6.45) is 0.672. The standard InChI is InChI=1S/C10H12ClNO/c11-8-2-1-3-9(6-8)12-5-4-10(13)7-12/h1-3,6,10,13H,4-5,7H2. The van der Waals surface area contributed by atoms with Gasteiger partial charge >= 0.3 is 0 Å². The Kier molecular flexibility index (Phi) is 2.42. The maximum Gasteiger partial charge on any atom is 0.0731 e. The Morgan fingerprint density at radius 3 is 2.92 bits per heavy atom. The highest BCUT2D eigenvalue weighted by Gasteiger charge is 2.20. The Morgan fingerprint density at radius 2 is 2.31 bits per heavy atom. The number of hydrogen-bond donors (Lipinski definition) is 1. The van der Waals surface area contributed by atoms with Crippen LogP contribution in [-0.4, -0.2) is 24.3 Å². The first-order valence-corrected chi connectivity index (χ1v) is 4.82. The predicted octanol–water partition coefficient (Wildman–Crippen LogP) is 1.91. The molecule has 0 spiro atoms. The molecule has 13 heavy (non-hydrogen) atoms. The van der Waals surface area contributed by atoms with Crippen LogP contribution in [0.25, 0.3) is 0 Å². The summed E-state index contributed by atoms with van der Waals surface area (Å²) in [5.41, 5.74) is 1.10. The van der Waals surface area contributed by atoms with Gasteiger partial charge < -0.3 is 10.0 Å². The van der Waals surface area contributed by atoms with Crippen molar-refractivity contribution in [3.8, 4) is 0 Å². The Bertz CT molecular complexity index is 303. The molecule has 0 radical (unpaired) electrons. The Balaban J connectivity index is 2.16. The molecule has 0 bridgehead atoms. The first kappa shape index (κ1) is 8.85. The highest BCUT2D eigenvalue weighted by molar-refractivity contribution is 6.30. The summed E-state index contributed by atoms with van der Waals surface area (Å²) >= 11 is 5.87. The predicted molar refractivity (Wildman–Crippen MR) is 54.3 cm³/mol. The molecule has 2 rings (SSSR count). The molecule has 0 amide bonds. The van der Waals surface area contributed by atoms with Gasteiger partial charge in [0.05, 0.1) is 6.10 Å². The van der Waals surface area contributed by atoms with E-state index in [1.54, 1.807) is 0 Å². The molecule has 1 unspecified atom stereocenters. The number of anilines is 1. The number of hydrogen-bond acceptors (Lipinski definition) is 2. The minimum Gasteiger partial charge on any atom is -0.391 e. The third-order valence-corrected chi connectivity index (χ3v) is 2.57. The SMILES string of the molecule is OC1CCN(c2cccc(Cl)c2)C1. The topological polar surface area (TPSA) is 23.5 Å². The Hall–Kier alpha value is -0.730. The van der Waals surface area contributed by atoms with Gasteiger partial charge in [-0.3, -0.25) is 0 Å². The van der Waals surface area contributed by atoms with Crippen molar-refractivity contribution in [1.82, 2.24) is 0 Å². The molecule has 1 fully saturated rings. The van der Waals surface area contributed by atoms with Crippen LogP contribution < -0.4 is 4.90 Å². The number of halogens is 1. The van der Waals surface area contributed by atoms with E-state index in [0.717, 1.165) is 30.2 Å². The number of β-amino-alcohol motifs (C(OH)–C–C–N with tert-alkyl or cyclic N) is 1. The molecule has 1 aliphatic rings. The van der Waals surface area contributed by atoms with E-state index >= 15 is 0 Å². The first-order chi connectivity index (χ1) is 6.25. The summed E-state index contributed by atoms with van der Waals surface area (Å²) in [5.74, 6) is 0. The molecule has 1 saturated heterocycles. The lowest BCUT2D eigenvalue weighted by atomic mass is 10.3. The minimum atomic E-state index is -0.181. The van der Waals surface area contributed by atoms with Crippen molar-refractivity contribution in [1.29, 1.82) is 0 Å². The quantitative estimate of drug-likeness (QED) is 0.744. The number of aliphatic hydroxyl groups is 1. The monoisotopic (exact) mass is 197 g/mol. The molecule has 1 aromatic carbocycles. The van der Waals surface area contributed by atoms with E-state index < -0.39 is 0 Å². The molecular weight excluding hydrogens is 186 g/mol. The van der Waals surface area contributed by atoms with Crippen LogP contribution in [0.4, 0.5) is 5.69 Å². The van der Waals surface area contributed by atoms with E-state index in [1.807, 2.05) is 24.3 Å². The second-order valence-corrected chi connectivity index (χ2v) is 3.80. The molecule has 1 N–H and O–H groups in total. The zero-order chi connectivity index (χ0) is 9.26. The van der Waals surface area contributed by atoms with Gasteiger partial charge in [0.25, 0.3) is 0 Å². The number of rotatable bonds is 1. The molecule has 1 heterocycles. The Morgan fingerprint density at radius 1 is 1.46 bits per heavy atom. The minimum absolute atomic E-state index is 0.181. The van der Waals surface area contributed by atoms with Gasteiger partial charge in [0, 0.05) is 23.8 Å². The van der Waals surface area contributed by atoms with Crippen molar-refractivity contribution in [2.24, 2.45) is 0 Å². The normalized spacial score (nSPS) is 22.3. The van der Waals surface area contributed by atoms with Crippen molar-refractivity contribution < 1.29 is 5.11 Å². The van der Waals surface area contributed by atoms with Crippen molar-refractivity contribution in [2.45, 2.75) is 12.5 Å². The molecule has 1 aromatic rings. The van der Waals surface area contributed by atoms with Crippen LogP contribution in [-0.2, 0) is 0 Å². The summed E-state index contributed by atoms with van der Waals surface area (Å²) in [4.78, 5) is 2.15. The highest BCUT2D eigenvalue weighted by atomic mass is 35.5. The van der Waals surface area contributed by atoms with Crippen molar-refractivity contribution in [2.75, 3.05) is 18.0 Å². The lowest BCUT2D eigenvalue weighted by Gasteiger charge is -2.17. The molecular formula is C10H12ClNO. The van der Waals surface area contributed by atoms with Crippen LogP contribution in [0.1, 0.15) is 6.42 Å². The molecule has 1 aliphatic heterocycles. The fourth-order valence-corrected chi connectivity index (χ4v) is 1.83. The average molecular weight is 198 g/mol. The summed E-state index contributed by atoms with van der Waals surface area (Å²) in [7, 11) is 0. The van der Waals surface area contributed by atoms with Crippen LogP contribution in [0.2, 0.25) is 5.02 Å². The fraction of sp³-hybridized carbons (Fsp3) is 0.400. The van der Waals surface area contributed by atoms with E-state index in [-0.39, 0.29) is 6.10 Å². The van der Waals surface area contributed by atoms with E-state index in [0.29, 0.717) is 0 Å². The van der Waals surface area contributed by atoms with E-state index in [4.69, 9.17) is 11.6 Å². The molecule has 0 saturated carbocycles. The van der Waals surface area contributed by atoms with E-state index in [9.17, 15) is 5.11 Å². The smallest absolute Gasteiger partial charge is 0.0731 e. The van der Waals surface area contributed by atoms with E-state index in [1.165, 1.54) is 0 Å². The summed E-state index contributed by atoms with van der Waals surface area (Å²) < 4.78 is 0. The van der Waals surface area contributed by atoms with Crippen molar-refractivity contribution in [3.05, 3.63) is 29.3 Å². The average Bonchev–Trinajstić information content (AvgIpc) is 2.52. The number of benzene rings is 1. The summed E-state index contributed by atoms with van der Waals surface area (Å²) in [6.45, 7) is 1.64. The largest absolute Gasteiger partial charge is 0.391 e. The second-order valence-electron chi connectivity index (χ2n) is 3.37. The summed E-state index contributed by atoms with van der Waals surface area (Å²) in [6, 6.07) is 7.74. The van der Waals surface area contributed by atoms with Crippen LogP contribution in [0.15, 0.2) is 24.3 Å². The lowest BCUT2D eigenvalue weighted by molar-refractivity contribution is 0.198. The number of aliphatic hydroxyl groups excluding tert-OH is 1. The van der Waals surface area contributed by atoms with Gasteiger partial charge in [0.2, 0.25) is 0 Å². The molecule has 3 heteroatoms.